The number of piperidine rings is 1. The van der Waals surface area contributed by atoms with Crippen molar-refractivity contribution < 1.29 is 4.79 Å². The van der Waals surface area contributed by atoms with Gasteiger partial charge in [-0.05, 0) is 54.6 Å². The van der Waals surface area contributed by atoms with Crippen LogP contribution < -0.4 is 5.32 Å². The Balaban J connectivity index is 1.75. The average molecular weight is 326 g/mol. The first kappa shape index (κ1) is 13.2. The van der Waals surface area contributed by atoms with Gasteiger partial charge in [0.25, 0.3) is 5.91 Å². The molecule has 2 unspecified atom stereocenters. The highest BCUT2D eigenvalue weighted by Gasteiger charge is 2.37. The lowest BCUT2D eigenvalue weighted by Gasteiger charge is -2.37. The maximum atomic E-state index is 12.6. The lowest BCUT2D eigenvalue weighted by Crippen LogP contribution is -2.50. The molecule has 19 heavy (non-hydrogen) atoms. The summed E-state index contributed by atoms with van der Waals surface area (Å²) in [5, 5.41) is 3.63. The number of aromatic nitrogens is 1. The Morgan fingerprint density at radius 1 is 1.42 bits per heavy atom. The molecular weight excluding hydrogens is 306 g/mol. The third-order valence-corrected chi connectivity index (χ3v) is 4.83. The first-order chi connectivity index (χ1) is 9.17. The van der Waals surface area contributed by atoms with Gasteiger partial charge in [-0.1, -0.05) is 0 Å². The number of carbonyl (C=O) groups excluding carboxylic acids is 1. The Kier molecular flexibility index (Phi) is 3.67. The molecule has 0 saturated carbocycles. The van der Waals surface area contributed by atoms with E-state index in [-0.39, 0.29) is 5.91 Å². The fraction of sp³-hybridized carbons (Fsp3) is 0.643. The molecule has 1 aromatic heterocycles. The Morgan fingerprint density at radius 2 is 2.11 bits per heavy atom. The fourth-order valence-electron chi connectivity index (χ4n) is 3.50. The molecule has 5 heteroatoms. The first-order valence-electron chi connectivity index (χ1n) is 7.08. The highest BCUT2D eigenvalue weighted by molar-refractivity contribution is 9.10. The zero-order chi connectivity index (χ0) is 13.4. The van der Waals surface area contributed by atoms with Crippen LogP contribution in [0.1, 0.15) is 43.1 Å². The van der Waals surface area contributed by atoms with Gasteiger partial charge in [0.2, 0.25) is 0 Å². The minimum atomic E-state index is 0.125. The third kappa shape index (κ3) is 2.58. The van der Waals surface area contributed by atoms with Gasteiger partial charge < -0.3 is 15.2 Å². The summed E-state index contributed by atoms with van der Waals surface area (Å²) in [5.41, 5.74) is 0.680. The van der Waals surface area contributed by atoms with Crippen LogP contribution in [0.25, 0.3) is 0 Å². The Hall–Kier alpha value is -0.810. The van der Waals surface area contributed by atoms with Crippen LogP contribution in [-0.2, 0) is 0 Å². The number of aromatic amines is 1. The lowest BCUT2D eigenvalue weighted by molar-refractivity contribution is 0.0626. The molecule has 0 spiro atoms. The van der Waals surface area contributed by atoms with E-state index in [9.17, 15) is 4.79 Å². The van der Waals surface area contributed by atoms with Crippen molar-refractivity contribution in [3.05, 3.63) is 22.4 Å². The Labute approximate surface area is 122 Å². The Morgan fingerprint density at radius 3 is 2.63 bits per heavy atom. The van der Waals surface area contributed by atoms with E-state index in [1.807, 2.05) is 17.2 Å². The summed E-state index contributed by atoms with van der Waals surface area (Å²) >= 11 is 3.38. The second-order valence-corrected chi connectivity index (χ2v) is 6.50. The third-order valence-electron chi connectivity index (χ3n) is 4.37. The quantitative estimate of drug-likeness (QED) is 0.897. The number of nitrogens with zero attached hydrogens (tertiary/aromatic N) is 1. The monoisotopic (exact) mass is 325 g/mol. The molecule has 4 nitrogen and oxygen atoms in total. The molecule has 2 fully saturated rings. The van der Waals surface area contributed by atoms with Crippen LogP contribution in [0.15, 0.2) is 16.7 Å². The molecular formula is C14H20BrN3O. The van der Waals surface area contributed by atoms with Crippen molar-refractivity contribution in [2.45, 2.75) is 50.7 Å². The summed E-state index contributed by atoms with van der Waals surface area (Å²) in [7, 11) is 0. The number of hydrogen-bond donors (Lipinski definition) is 2. The molecule has 2 aliphatic rings. The fourth-order valence-corrected chi connectivity index (χ4v) is 3.84. The van der Waals surface area contributed by atoms with Crippen molar-refractivity contribution in [2.75, 3.05) is 6.54 Å². The molecule has 2 aliphatic heterocycles. The topological polar surface area (TPSA) is 48.1 Å². The Bertz CT molecular complexity index is 461. The molecule has 0 aliphatic carbocycles. The highest BCUT2D eigenvalue weighted by Crippen LogP contribution is 2.30. The second-order valence-electron chi connectivity index (χ2n) is 5.59. The molecule has 2 N–H and O–H groups in total. The molecule has 2 bridgehead atoms. The van der Waals surface area contributed by atoms with Crippen molar-refractivity contribution in [1.82, 2.24) is 15.2 Å². The summed E-state index contributed by atoms with van der Waals surface area (Å²) in [5.74, 6) is 0.125. The van der Waals surface area contributed by atoms with Crippen molar-refractivity contribution in [1.29, 1.82) is 0 Å². The molecule has 0 aromatic carbocycles. The van der Waals surface area contributed by atoms with Crippen LogP contribution >= 0.6 is 15.9 Å². The summed E-state index contributed by atoms with van der Waals surface area (Å²) in [6, 6.07) is 3.47. The number of nitrogens with one attached hydrogen (secondary N) is 2. The van der Waals surface area contributed by atoms with Gasteiger partial charge in [0.1, 0.15) is 5.69 Å². The van der Waals surface area contributed by atoms with E-state index >= 15 is 0 Å². The van der Waals surface area contributed by atoms with Gasteiger partial charge in [-0.3, -0.25) is 4.79 Å². The predicted molar refractivity (Wildman–Crippen MR) is 78.2 cm³/mol. The number of hydrogen-bond acceptors (Lipinski definition) is 2. The zero-order valence-corrected chi connectivity index (χ0v) is 12.7. The SMILES string of the molecule is CCN(C(=O)c1cc(Br)c[nH]1)C1CC2CCC(C1)N2. The van der Waals surface area contributed by atoms with Gasteiger partial charge in [-0.15, -0.1) is 0 Å². The van der Waals surface area contributed by atoms with Crippen LogP contribution in [0, 0.1) is 0 Å². The summed E-state index contributed by atoms with van der Waals surface area (Å²) < 4.78 is 0.928. The molecule has 1 aromatic rings. The molecule has 2 saturated heterocycles. The normalized spacial score (nSPS) is 29.5. The summed E-state index contributed by atoms with van der Waals surface area (Å²) in [6.07, 6.45) is 6.53. The van der Waals surface area contributed by atoms with E-state index in [0.717, 1.165) is 23.9 Å². The maximum absolute atomic E-state index is 12.6. The average Bonchev–Trinajstić information content (AvgIpc) is 2.97. The van der Waals surface area contributed by atoms with Crippen LogP contribution in [-0.4, -0.2) is 40.5 Å². The van der Waals surface area contributed by atoms with Crippen LogP contribution in [0.3, 0.4) is 0 Å². The van der Waals surface area contributed by atoms with Crippen molar-refractivity contribution in [3.63, 3.8) is 0 Å². The van der Waals surface area contributed by atoms with Crippen molar-refractivity contribution in [2.24, 2.45) is 0 Å². The largest absolute Gasteiger partial charge is 0.356 e. The predicted octanol–water partition coefficient (Wildman–Crippen LogP) is 2.52. The van der Waals surface area contributed by atoms with Gasteiger partial charge in [0, 0.05) is 35.3 Å². The smallest absolute Gasteiger partial charge is 0.270 e. The van der Waals surface area contributed by atoms with Gasteiger partial charge in [0.15, 0.2) is 0 Å². The molecule has 3 rings (SSSR count). The molecule has 0 radical (unpaired) electrons. The van der Waals surface area contributed by atoms with Gasteiger partial charge >= 0.3 is 0 Å². The molecule has 3 heterocycles. The van der Waals surface area contributed by atoms with Crippen molar-refractivity contribution in [3.8, 4) is 0 Å². The molecule has 1 amide bonds. The summed E-state index contributed by atoms with van der Waals surface area (Å²) in [4.78, 5) is 17.7. The van der Waals surface area contributed by atoms with E-state index in [1.165, 1.54) is 12.8 Å². The highest BCUT2D eigenvalue weighted by atomic mass is 79.9. The summed E-state index contributed by atoms with van der Waals surface area (Å²) in [6.45, 7) is 2.85. The minimum absolute atomic E-state index is 0.125. The van der Waals surface area contributed by atoms with E-state index in [1.54, 1.807) is 0 Å². The van der Waals surface area contributed by atoms with Crippen LogP contribution in [0.5, 0.6) is 0 Å². The van der Waals surface area contributed by atoms with E-state index in [4.69, 9.17) is 0 Å². The molecule has 2 atom stereocenters. The van der Waals surface area contributed by atoms with Crippen LogP contribution in [0.2, 0.25) is 0 Å². The van der Waals surface area contributed by atoms with Gasteiger partial charge in [-0.2, -0.15) is 0 Å². The van der Waals surface area contributed by atoms with Crippen LogP contribution in [0.4, 0.5) is 0 Å². The van der Waals surface area contributed by atoms with E-state index in [2.05, 4.69) is 33.2 Å². The number of H-pyrrole nitrogens is 1. The zero-order valence-electron chi connectivity index (χ0n) is 11.2. The minimum Gasteiger partial charge on any atom is -0.356 e. The second kappa shape index (κ2) is 5.29. The first-order valence-corrected chi connectivity index (χ1v) is 7.87. The molecule has 104 valence electrons. The lowest BCUT2D eigenvalue weighted by atomic mass is 9.98. The standard InChI is InChI=1S/C14H20BrN3O/c1-2-18(14(19)13-5-9(15)8-16-13)12-6-10-3-4-11(7-12)17-10/h5,8,10-12,16-17H,2-4,6-7H2,1H3. The number of carbonyl (C=O) groups is 1. The number of fused-ring (bicyclic) bond motifs is 2. The van der Waals surface area contributed by atoms with E-state index < -0.39 is 0 Å². The number of amides is 1. The van der Waals surface area contributed by atoms with Gasteiger partial charge in [-0.25, -0.2) is 0 Å². The maximum Gasteiger partial charge on any atom is 0.270 e. The number of rotatable bonds is 3. The van der Waals surface area contributed by atoms with Gasteiger partial charge in [0.05, 0.1) is 0 Å². The van der Waals surface area contributed by atoms with Crippen molar-refractivity contribution >= 4 is 21.8 Å². The van der Waals surface area contributed by atoms with E-state index in [0.29, 0.717) is 23.8 Å². The number of halogens is 1.